The number of carbonyl (C=O) groups excluding carboxylic acids is 1. The fourth-order valence-electron chi connectivity index (χ4n) is 2.37. The highest BCUT2D eigenvalue weighted by atomic mass is 32.2. The van der Waals surface area contributed by atoms with Crippen LogP contribution in [0.15, 0.2) is 60.0 Å². The van der Waals surface area contributed by atoms with Crippen molar-refractivity contribution in [3.63, 3.8) is 0 Å². The van der Waals surface area contributed by atoms with Gasteiger partial charge in [0.25, 0.3) is 15.9 Å². The summed E-state index contributed by atoms with van der Waals surface area (Å²) in [6, 6.07) is 10.5. The van der Waals surface area contributed by atoms with Gasteiger partial charge < -0.3 is 14.8 Å². The van der Waals surface area contributed by atoms with Crippen molar-refractivity contribution >= 4 is 21.6 Å². The van der Waals surface area contributed by atoms with E-state index in [0.717, 1.165) is 0 Å². The third-order valence-electron chi connectivity index (χ3n) is 3.63. The molecule has 1 aliphatic rings. The maximum atomic E-state index is 12.5. The fraction of sp³-hybridized carbons (Fsp3) is 0.167. The summed E-state index contributed by atoms with van der Waals surface area (Å²) in [5, 5.41) is 2.63. The van der Waals surface area contributed by atoms with Crippen LogP contribution in [-0.2, 0) is 10.0 Å². The van der Waals surface area contributed by atoms with Gasteiger partial charge in [-0.05, 0) is 36.4 Å². The van der Waals surface area contributed by atoms with Crippen LogP contribution in [0, 0.1) is 0 Å². The van der Waals surface area contributed by atoms with Crippen LogP contribution in [0.1, 0.15) is 10.4 Å². The Hall–Kier alpha value is -3.00. The maximum Gasteiger partial charge on any atom is 0.261 e. The number of anilines is 1. The Morgan fingerprint density at radius 1 is 1.08 bits per heavy atom. The number of hydrogen-bond acceptors (Lipinski definition) is 5. The fourth-order valence-corrected chi connectivity index (χ4v) is 3.42. The number of ether oxygens (including phenoxy) is 2. The molecule has 8 heteroatoms. The molecule has 136 valence electrons. The summed E-state index contributed by atoms with van der Waals surface area (Å²) < 4.78 is 38.4. The zero-order valence-corrected chi connectivity index (χ0v) is 14.7. The quantitative estimate of drug-likeness (QED) is 0.756. The van der Waals surface area contributed by atoms with E-state index in [2.05, 4.69) is 16.6 Å². The molecule has 2 N–H and O–H groups in total. The zero-order chi connectivity index (χ0) is 18.6. The highest BCUT2D eigenvalue weighted by Crippen LogP contribution is 2.33. The van der Waals surface area contributed by atoms with E-state index in [1.54, 1.807) is 24.3 Å². The van der Waals surface area contributed by atoms with E-state index in [0.29, 0.717) is 42.5 Å². The van der Waals surface area contributed by atoms with Crippen LogP contribution < -0.4 is 19.5 Å². The van der Waals surface area contributed by atoms with Crippen LogP contribution >= 0.6 is 0 Å². The molecule has 1 amide bonds. The molecule has 7 nitrogen and oxygen atoms in total. The number of nitrogens with one attached hydrogen (secondary N) is 2. The van der Waals surface area contributed by atoms with Crippen LogP contribution in [0.3, 0.4) is 0 Å². The average Bonchev–Trinajstić information content (AvgIpc) is 2.66. The number of amides is 1. The van der Waals surface area contributed by atoms with E-state index in [-0.39, 0.29) is 10.8 Å². The SMILES string of the molecule is C=CCNC(=O)c1ccc(S(=O)(=O)Nc2ccc3c(c2)OCCO3)cc1. The lowest BCUT2D eigenvalue weighted by molar-refractivity contribution is 0.0958. The third kappa shape index (κ3) is 3.97. The van der Waals surface area contributed by atoms with Crippen LogP contribution in [-0.4, -0.2) is 34.1 Å². The smallest absolute Gasteiger partial charge is 0.261 e. The van der Waals surface area contributed by atoms with Gasteiger partial charge in [-0.25, -0.2) is 8.42 Å². The number of benzene rings is 2. The van der Waals surface area contributed by atoms with Gasteiger partial charge in [-0.1, -0.05) is 6.08 Å². The Morgan fingerprint density at radius 2 is 1.77 bits per heavy atom. The van der Waals surface area contributed by atoms with E-state index in [4.69, 9.17) is 9.47 Å². The highest BCUT2D eigenvalue weighted by Gasteiger charge is 2.18. The predicted octanol–water partition coefficient (Wildman–Crippen LogP) is 2.17. The summed E-state index contributed by atoms with van der Waals surface area (Å²) in [4.78, 5) is 11.9. The lowest BCUT2D eigenvalue weighted by atomic mass is 10.2. The first-order valence-corrected chi connectivity index (χ1v) is 9.39. The molecule has 0 spiro atoms. The van der Waals surface area contributed by atoms with Gasteiger partial charge in [0.05, 0.1) is 10.6 Å². The number of carbonyl (C=O) groups is 1. The largest absolute Gasteiger partial charge is 0.486 e. The van der Waals surface area contributed by atoms with Gasteiger partial charge in [0, 0.05) is 18.2 Å². The Labute approximate surface area is 151 Å². The van der Waals surface area contributed by atoms with Crippen molar-refractivity contribution < 1.29 is 22.7 Å². The van der Waals surface area contributed by atoms with Crippen molar-refractivity contribution in [3.8, 4) is 11.5 Å². The molecule has 0 atom stereocenters. The molecular weight excluding hydrogens is 356 g/mol. The van der Waals surface area contributed by atoms with E-state index < -0.39 is 10.0 Å². The predicted molar refractivity (Wildman–Crippen MR) is 97.2 cm³/mol. The molecule has 0 bridgehead atoms. The second kappa shape index (κ2) is 7.49. The molecule has 2 aromatic rings. The van der Waals surface area contributed by atoms with Gasteiger partial charge in [0.2, 0.25) is 0 Å². The molecule has 0 radical (unpaired) electrons. The summed E-state index contributed by atoms with van der Waals surface area (Å²) >= 11 is 0. The first-order valence-electron chi connectivity index (χ1n) is 7.91. The molecule has 0 aromatic heterocycles. The maximum absolute atomic E-state index is 12.5. The first-order chi connectivity index (χ1) is 12.5. The van der Waals surface area contributed by atoms with Crippen LogP contribution in [0.4, 0.5) is 5.69 Å². The van der Waals surface area contributed by atoms with Crippen molar-refractivity contribution in [2.24, 2.45) is 0 Å². The lowest BCUT2D eigenvalue weighted by Gasteiger charge is -2.19. The molecule has 0 saturated heterocycles. The summed E-state index contributed by atoms with van der Waals surface area (Å²) in [5.74, 6) is 0.772. The number of rotatable bonds is 6. The van der Waals surface area contributed by atoms with Gasteiger partial charge in [-0.15, -0.1) is 6.58 Å². The second-order valence-corrected chi connectivity index (χ2v) is 7.17. The number of fused-ring (bicyclic) bond motifs is 1. The standard InChI is InChI=1S/C18H18N2O5S/c1-2-9-19-18(21)13-3-6-15(7-4-13)26(22,23)20-14-5-8-16-17(12-14)25-11-10-24-16/h2-8,12,20H,1,9-11H2,(H,19,21). The topological polar surface area (TPSA) is 93.7 Å². The first kappa shape index (κ1) is 17.8. The van der Waals surface area contributed by atoms with Crippen LogP contribution in [0.2, 0.25) is 0 Å². The van der Waals surface area contributed by atoms with Crippen LogP contribution in [0.5, 0.6) is 11.5 Å². The van der Waals surface area contributed by atoms with Gasteiger partial charge in [-0.2, -0.15) is 0 Å². The Bertz CT molecular complexity index is 923. The number of sulfonamides is 1. The van der Waals surface area contributed by atoms with Crippen molar-refractivity contribution in [1.82, 2.24) is 5.32 Å². The molecule has 0 saturated carbocycles. The summed E-state index contributed by atoms with van der Waals surface area (Å²) in [5.41, 5.74) is 0.729. The zero-order valence-electron chi connectivity index (χ0n) is 13.9. The normalized spacial score (nSPS) is 12.9. The summed E-state index contributed by atoms with van der Waals surface area (Å²) in [7, 11) is -3.79. The van der Waals surface area contributed by atoms with Gasteiger partial charge in [0.15, 0.2) is 11.5 Å². The van der Waals surface area contributed by atoms with Crippen molar-refractivity contribution in [3.05, 3.63) is 60.7 Å². The van der Waals surface area contributed by atoms with Crippen LogP contribution in [0.25, 0.3) is 0 Å². The Morgan fingerprint density at radius 3 is 2.46 bits per heavy atom. The Kier molecular flexibility index (Phi) is 5.13. The monoisotopic (exact) mass is 374 g/mol. The average molecular weight is 374 g/mol. The Balaban J connectivity index is 1.75. The van der Waals surface area contributed by atoms with E-state index in [1.807, 2.05) is 0 Å². The summed E-state index contributed by atoms with van der Waals surface area (Å²) in [6.45, 7) is 4.74. The minimum atomic E-state index is -3.79. The third-order valence-corrected chi connectivity index (χ3v) is 5.03. The molecular formula is C18H18N2O5S. The molecule has 26 heavy (non-hydrogen) atoms. The lowest BCUT2D eigenvalue weighted by Crippen LogP contribution is -2.23. The van der Waals surface area contributed by atoms with E-state index in [1.165, 1.54) is 24.3 Å². The minimum absolute atomic E-state index is 0.0488. The van der Waals surface area contributed by atoms with E-state index in [9.17, 15) is 13.2 Å². The molecule has 1 aliphatic heterocycles. The highest BCUT2D eigenvalue weighted by molar-refractivity contribution is 7.92. The van der Waals surface area contributed by atoms with Gasteiger partial charge in [-0.3, -0.25) is 9.52 Å². The molecule has 0 unspecified atom stereocenters. The second-order valence-electron chi connectivity index (χ2n) is 5.49. The summed E-state index contributed by atoms with van der Waals surface area (Å²) in [6.07, 6.45) is 1.56. The minimum Gasteiger partial charge on any atom is -0.486 e. The number of hydrogen-bond donors (Lipinski definition) is 2. The van der Waals surface area contributed by atoms with Crippen molar-refractivity contribution in [2.75, 3.05) is 24.5 Å². The molecule has 0 fully saturated rings. The van der Waals surface area contributed by atoms with Crippen molar-refractivity contribution in [2.45, 2.75) is 4.90 Å². The van der Waals surface area contributed by atoms with Crippen molar-refractivity contribution in [1.29, 1.82) is 0 Å². The molecule has 3 rings (SSSR count). The molecule has 0 aliphatic carbocycles. The van der Waals surface area contributed by atoms with Gasteiger partial charge in [0.1, 0.15) is 13.2 Å². The van der Waals surface area contributed by atoms with Gasteiger partial charge >= 0.3 is 0 Å². The molecule has 1 heterocycles. The van der Waals surface area contributed by atoms with E-state index >= 15 is 0 Å². The molecule has 2 aromatic carbocycles.